The molecule has 12 heteroatoms. The van der Waals surface area contributed by atoms with Crippen LogP contribution < -0.4 is 21.3 Å². The van der Waals surface area contributed by atoms with Crippen LogP contribution in [0.25, 0.3) is 0 Å². The van der Waals surface area contributed by atoms with Crippen molar-refractivity contribution in [1.82, 2.24) is 21.3 Å². The second-order valence-corrected chi connectivity index (χ2v) is 10.3. The number of carbonyl (C=O) groups excluding carboxylic acids is 4. The number of carboxylic acids is 2. The van der Waals surface area contributed by atoms with Gasteiger partial charge >= 0.3 is 11.9 Å². The summed E-state index contributed by atoms with van der Waals surface area (Å²) in [5, 5.41) is 28.7. The molecule has 3 rings (SSSR count). The van der Waals surface area contributed by atoms with Crippen LogP contribution in [0.4, 0.5) is 0 Å². The van der Waals surface area contributed by atoms with Crippen molar-refractivity contribution < 1.29 is 39.0 Å². The van der Waals surface area contributed by atoms with Crippen molar-refractivity contribution in [3.63, 3.8) is 0 Å². The van der Waals surface area contributed by atoms with Gasteiger partial charge in [0.1, 0.15) is 12.1 Å². The van der Waals surface area contributed by atoms with E-state index in [4.69, 9.17) is 10.2 Å². The molecule has 0 saturated heterocycles. The molecule has 1 fully saturated rings. The standard InChI is InChI=1S/C30H36N4O8/c35-25(11-13-27(37)38)33-23(15-19-7-3-1-4-8-19)29(41)31-21-17-22(18-21)32-30(42)24(16-20-9-5-2-6-10-20)34-26(36)12-14-28(39)40/h1-10,21-24H,11-18H2,(H,31,41)(H,32,42)(H,33,35)(H,34,36)(H,37,38)(H,39,40)/t21?,22?,23-,24-/m0/s1. The summed E-state index contributed by atoms with van der Waals surface area (Å²) < 4.78 is 0. The van der Waals surface area contributed by atoms with E-state index in [1.165, 1.54) is 0 Å². The van der Waals surface area contributed by atoms with Crippen LogP contribution in [0.2, 0.25) is 0 Å². The number of carbonyl (C=O) groups is 6. The summed E-state index contributed by atoms with van der Waals surface area (Å²) in [6.07, 6.45) is 0.135. The zero-order chi connectivity index (χ0) is 30.5. The van der Waals surface area contributed by atoms with E-state index in [-0.39, 0.29) is 50.6 Å². The summed E-state index contributed by atoms with van der Waals surface area (Å²) in [4.78, 5) is 72.4. The van der Waals surface area contributed by atoms with Gasteiger partial charge in [0.25, 0.3) is 0 Å². The van der Waals surface area contributed by atoms with Gasteiger partial charge < -0.3 is 31.5 Å². The van der Waals surface area contributed by atoms with Crippen molar-refractivity contribution in [1.29, 1.82) is 0 Å². The van der Waals surface area contributed by atoms with E-state index in [1.54, 1.807) is 0 Å². The van der Waals surface area contributed by atoms with Gasteiger partial charge in [0, 0.05) is 37.8 Å². The summed E-state index contributed by atoms with van der Waals surface area (Å²) >= 11 is 0. The largest absolute Gasteiger partial charge is 0.481 e. The molecule has 0 bridgehead atoms. The van der Waals surface area contributed by atoms with E-state index >= 15 is 0 Å². The molecule has 0 radical (unpaired) electrons. The summed E-state index contributed by atoms with van der Waals surface area (Å²) in [5.41, 5.74) is 1.65. The van der Waals surface area contributed by atoms with Crippen LogP contribution in [-0.2, 0) is 41.6 Å². The van der Waals surface area contributed by atoms with Crippen LogP contribution in [0.3, 0.4) is 0 Å². The van der Waals surface area contributed by atoms with Crippen molar-refractivity contribution >= 4 is 35.6 Å². The van der Waals surface area contributed by atoms with Gasteiger partial charge in [0.15, 0.2) is 0 Å². The molecule has 0 unspecified atom stereocenters. The Morgan fingerprint density at radius 1 is 0.595 bits per heavy atom. The highest BCUT2D eigenvalue weighted by Gasteiger charge is 2.35. The number of hydrogen-bond acceptors (Lipinski definition) is 6. The molecule has 2 atom stereocenters. The molecule has 0 aromatic heterocycles. The molecule has 6 N–H and O–H groups in total. The third-order valence-corrected chi connectivity index (χ3v) is 6.83. The first-order valence-corrected chi connectivity index (χ1v) is 13.8. The van der Waals surface area contributed by atoms with E-state index < -0.39 is 47.7 Å². The molecule has 2 aromatic rings. The lowest BCUT2D eigenvalue weighted by molar-refractivity contribution is -0.139. The van der Waals surface area contributed by atoms with Crippen molar-refractivity contribution in [2.45, 2.75) is 75.5 Å². The Hall–Kier alpha value is -4.74. The number of rotatable bonds is 16. The van der Waals surface area contributed by atoms with Crippen LogP contribution in [-0.4, -0.2) is 69.9 Å². The fraction of sp³-hybridized carbons (Fsp3) is 0.400. The van der Waals surface area contributed by atoms with Gasteiger partial charge in [-0.15, -0.1) is 0 Å². The lowest BCUT2D eigenvalue weighted by Gasteiger charge is -2.38. The quantitative estimate of drug-likeness (QED) is 0.169. The Morgan fingerprint density at radius 3 is 1.29 bits per heavy atom. The molecule has 2 aromatic carbocycles. The van der Waals surface area contributed by atoms with E-state index in [0.29, 0.717) is 12.8 Å². The fourth-order valence-electron chi connectivity index (χ4n) is 4.55. The second kappa shape index (κ2) is 15.9. The minimum absolute atomic E-state index is 0.223. The monoisotopic (exact) mass is 580 g/mol. The molecule has 1 saturated carbocycles. The summed E-state index contributed by atoms with van der Waals surface area (Å²) in [7, 11) is 0. The molecule has 0 spiro atoms. The smallest absolute Gasteiger partial charge is 0.303 e. The van der Waals surface area contributed by atoms with Gasteiger partial charge in [-0.05, 0) is 24.0 Å². The number of amides is 4. The van der Waals surface area contributed by atoms with Gasteiger partial charge in [-0.2, -0.15) is 0 Å². The van der Waals surface area contributed by atoms with Crippen molar-refractivity contribution in [3.05, 3.63) is 71.8 Å². The molecule has 4 amide bonds. The first-order chi connectivity index (χ1) is 20.1. The number of carboxylic acid groups (broad SMARTS) is 2. The third kappa shape index (κ3) is 11.0. The van der Waals surface area contributed by atoms with Gasteiger partial charge in [-0.3, -0.25) is 28.8 Å². The number of hydrogen-bond donors (Lipinski definition) is 6. The van der Waals surface area contributed by atoms with Crippen LogP contribution in [0.15, 0.2) is 60.7 Å². The fourth-order valence-corrected chi connectivity index (χ4v) is 4.55. The predicted octanol–water partition coefficient (Wildman–Crippen LogP) is 0.934. The summed E-state index contributed by atoms with van der Waals surface area (Å²) in [6, 6.07) is 15.9. The van der Waals surface area contributed by atoms with E-state index in [2.05, 4.69) is 21.3 Å². The number of benzene rings is 2. The lowest BCUT2D eigenvalue weighted by atomic mass is 9.86. The zero-order valence-electron chi connectivity index (χ0n) is 23.1. The van der Waals surface area contributed by atoms with Crippen molar-refractivity contribution in [3.8, 4) is 0 Å². The topological polar surface area (TPSA) is 191 Å². The van der Waals surface area contributed by atoms with E-state index in [9.17, 15) is 28.8 Å². The maximum Gasteiger partial charge on any atom is 0.303 e. The maximum atomic E-state index is 13.1. The average molecular weight is 581 g/mol. The zero-order valence-corrected chi connectivity index (χ0v) is 23.1. The molecule has 1 aliphatic carbocycles. The second-order valence-electron chi connectivity index (χ2n) is 10.3. The van der Waals surface area contributed by atoms with Gasteiger partial charge in [-0.25, -0.2) is 0 Å². The number of nitrogens with one attached hydrogen (secondary N) is 4. The molecule has 224 valence electrons. The van der Waals surface area contributed by atoms with Gasteiger partial charge in [0.2, 0.25) is 23.6 Å². The Morgan fingerprint density at radius 2 is 0.952 bits per heavy atom. The first kappa shape index (κ1) is 31.8. The first-order valence-electron chi connectivity index (χ1n) is 13.8. The summed E-state index contributed by atoms with van der Waals surface area (Å²) in [5.74, 6) is -4.12. The van der Waals surface area contributed by atoms with Crippen LogP contribution in [0, 0.1) is 0 Å². The Balaban J connectivity index is 1.54. The third-order valence-electron chi connectivity index (χ3n) is 6.83. The SMILES string of the molecule is O=C(O)CCC(=O)N[C@@H](Cc1ccccc1)C(=O)NC1CC(NC(=O)[C@H](Cc2ccccc2)NC(=O)CCC(=O)O)C1. The highest BCUT2D eigenvalue weighted by atomic mass is 16.4. The van der Waals surface area contributed by atoms with Gasteiger partial charge in [-0.1, -0.05) is 60.7 Å². The van der Waals surface area contributed by atoms with Crippen molar-refractivity contribution in [2.75, 3.05) is 0 Å². The van der Waals surface area contributed by atoms with E-state index in [0.717, 1.165) is 11.1 Å². The Bertz CT molecular complexity index is 1150. The molecule has 0 aliphatic heterocycles. The van der Waals surface area contributed by atoms with Crippen LogP contribution in [0.5, 0.6) is 0 Å². The molecule has 0 heterocycles. The highest BCUT2D eigenvalue weighted by Crippen LogP contribution is 2.21. The average Bonchev–Trinajstić information content (AvgIpc) is 2.94. The normalized spacial score (nSPS) is 17.0. The van der Waals surface area contributed by atoms with Crippen LogP contribution >= 0.6 is 0 Å². The number of aliphatic carboxylic acids is 2. The van der Waals surface area contributed by atoms with E-state index in [1.807, 2.05) is 60.7 Å². The summed E-state index contributed by atoms with van der Waals surface area (Å²) in [6.45, 7) is 0. The van der Waals surface area contributed by atoms with Crippen LogP contribution in [0.1, 0.15) is 49.7 Å². The molecule has 1 aliphatic rings. The predicted molar refractivity (Wildman–Crippen MR) is 151 cm³/mol. The molecular weight excluding hydrogens is 544 g/mol. The molecular formula is C30H36N4O8. The minimum atomic E-state index is -1.11. The molecule has 42 heavy (non-hydrogen) atoms. The molecule has 12 nitrogen and oxygen atoms in total. The Labute approximate surface area is 243 Å². The minimum Gasteiger partial charge on any atom is -0.481 e. The van der Waals surface area contributed by atoms with Crippen molar-refractivity contribution in [2.24, 2.45) is 0 Å². The lowest BCUT2D eigenvalue weighted by Crippen LogP contribution is -2.59. The highest BCUT2D eigenvalue weighted by molar-refractivity contribution is 5.90. The Kier molecular flexibility index (Phi) is 12.0. The maximum absolute atomic E-state index is 13.1. The van der Waals surface area contributed by atoms with Gasteiger partial charge in [0.05, 0.1) is 12.8 Å².